The summed E-state index contributed by atoms with van der Waals surface area (Å²) in [5.74, 6) is 0.0610. The highest BCUT2D eigenvalue weighted by Crippen LogP contribution is 2.23. The summed E-state index contributed by atoms with van der Waals surface area (Å²) in [6.45, 7) is 0.622. The highest BCUT2D eigenvalue weighted by atomic mass is 79.9. The molecule has 5 heteroatoms. The molecule has 0 aliphatic carbocycles. The predicted molar refractivity (Wildman–Crippen MR) is 86.5 cm³/mol. The minimum Gasteiger partial charge on any atom is -0.341 e. The molecular weight excluding hydrogens is 336 g/mol. The fourth-order valence-electron chi connectivity index (χ4n) is 1.92. The van der Waals surface area contributed by atoms with Crippen molar-refractivity contribution in [3.05, 3.63) is 56.7 Å². The average Bonchev–Trinajstić information content (AvgIpc) is 2.85. The molecule has 0 saturated carbocycles. The highest BCUT2D eigenvalue weighted by Gasteiger charge is 2.15. The van der Waals surface area contributed by atoms with Crippen LogP contribution in [0.15, 0.2) is 46.3 Å². The van der Waals surface area contributed by atoms with Gasteiger partial charge in [-0.1, -0.05) is 30.3 Å². The Kier molecular flexibility index (Phi) is 5.34. The van der Waals surface area contributed by atoms with Gasteiger partial charge in [0, 0.05) is 24.4 Å². The van der Waals surface area contributed by atoms with E-state index in [1.54, 1.807) is 16.2 Å². The molecule has 0 fully saturated rings. The predicted octanol–water partition coefficient (Wildman–Crippen LogP) is 3.56. The van der Waals surface area contributed by atoms with E-state index in [2.05, 4.69) is 15.9 Å². The van der Waals surface area contributed by atoms with Crippen molar-refractivity contribution in [3.63, 3.8) is 0 Å². The number of thiophene rings is 1. The number of hydrogen-bond acceptors (Lipinski definition) is 3. The van der Waals surface area contributed by atoms with Crippen LogP contribution in [0.1, 0.15) is 22.9 Å². The third-order valence-electron chi connectivity index (χ3n) is 3.07. The van der Waals surface area contributed by atoms with Crippen LogP contribution in [0.2, 0.25) is 0 Å². The van der Waals surface area contributed by atoms with Crippen molar-refractivity contribution in [2.45, 2.75) is 19.0 Å². The van der Waals surface area contributed by atoms with Gasteiger partial charge >= 0.3 is 0 Å². The van der Waals surface area contributed by atoms with Crippen molar-refractivity contribution in [2.24, 2.45) is 5.73 Å². The molecular formula is C15H17BrN2OS. The van der Waals surface area contributed by atoms with Crippen LogP contribution in [0.3, 0.4) is 0 Å². The number of nitrogens with zero attached hydrogens (tertiary/aromatic N) is 1. The summed E-state index contributed by atoms with van der Waals surface area (Å²) in [5, 5.41) is 0. The van der Waals surface area contributed by atoms with Crippen LogP contribution in [0.4, 0.5) is 0 Å². The van der Waals surface area contributed by atoms with Gasteiger partial charge in [0.05, 0.1) is 10.3 Å². The lowest BCUT2D eigenvalue weighted by Gasteiger charge is -2.19. The normalized spacial score (nSPS) is 12.2. The van der Waals surface area contributed by atoms with E-state index >= 15 is 0 Å². The number of amides is 1. The first-order chi connectivity index (χ1) is 9.56. The molecule has 0 spiro atoms. The molecule has 1 amide bonds. The Hall–Kier alpha value is -1.17. The van der Waals surface area contributed by atoms with Gasteiger partial charge in [0.1, 0.15) is 0 Å². The fraction of sp³-hybridized carbons (Fsp3) is 0.267. The maximum Gasteiger partial charge on any atom is 0.224 e. The Labute approximate surface area is 131 Å². The van der Waals surface area contributed by atoms with Crippen molar-refractivity contribution < 1.29 is 4.79 Å². The van der Waals surface area contributed by atoms with Gasteiger partial charge in [0.25, 0.3) is 0 Å². The van der Waals surface area contributed by atoms with Crippen molar-refractivity contribution >= 4 is 33.2 Å². The van der Waals surface area contributed by atoms with E-state index in [4.69, 9.17) is 5.73 Å². The second-order valence-electron chi connectivity index (χ2n) is 4.68. The van der Waals surface area contributed by atoms with Gasteiger partial charge in [-0.05, 0) is 33.6 Å². The molecule has 3 nitrogen and oxygen atoms in total. The van der Waals surface area contributed by atoms with Crippen LogP contribution in [0.25, 0.3) is 0 Å². The molecule has 1 aromatic carbocycles. The minimum absolute atomic E-state index is 0.0610. The van der Waals surface area contributed by atoms with Gasteiger partial charge in [-0.15, -0.1) is 11.3 Å². The summed E-state index contributed by atoms with van der Waals surface area (Å²) >= 11 is 5.07. The number of nitrogens with two attached hydrogens (primary N) is 1. The Morgan fingerprint density at radius 1 is 1.30 bits per heavy atom. The Morgan fingerprint density at radius 2 is 2.00 bits per heavy atom. The summed E-state index contributed by atoms with van der Waals surface area (Å²) in [7, 11) is 1.81. The van der Waals surface area contributed by atoms with E-state index in [1.165, 1.54) is 0 Å². The van der Waals surface area contributed by atoms with Crippen molar-refractivity contribution in [2.75, 3.05) is 7.05 Å². The zero-order valence-corrected chi connectivity index (χ0v) is 13.7. The first-order valence-corrected chi connectivity index (χ1v) is 7.96. The third kappa shape index (κ3) is 4.16. The molecule has 0 saturated heterocycles. The van der Waals surface area contributed by atoms with E-state index < -0.39 is 0 Å². The average molecular weight is 353 g/mol. The molecule has 1 unspecified atom stereocenters. The van der Waals surface area contributed by atoms with Crippen LogP contribution < -0.4 is 5.73 Å². The number of carbonyl (C=O) groups is 1. The number of rotatable bonds is 5. The lowest BCUT2D eigenvalue weighted by atomic mass is 10.0. The minimum atomic E-state index is -0.249. The highest BCUT2D eigenvalue weighted by molar-refractivity contribution is 9.11. The second-order valence-corrected chi connectivity index (χ2v) is 7.22. The van der Waals surface area contributed by atoms with E-state index in [1.807, 2.05) is 49.5 Å². The molecule has 1 atom stereocenters. The van der Waals surface area contributed by atoms with Crippen LogP contribution in [0, 0.1) is 0 Å². The van der Waals surface area contributed by atoms with Crippen LogP contribution >= 0.6 is 27.3 Å². The lowest BCUT2D eigenvalue weighted by molar-refractivity contribution is -0.130. The topological polar surface area (TPSA) is 46.3 Å². The maximum absolute atomic E-state index is 12.2. The molecule has 0 radical (unpaired) electrons. The van der Waals surface area contributed by atoms with Crippen LogP contribution in [-0.2, 0) is 11.3 Å². The van der Waals surface area contributed by atoms with Crippen LogP contribution in [-0.4, -0.2) is 17.9 Å². The van der Waals surface area contributed by atoms with Gasteiger partial charge in [-0.3, -0.25) is 4.79 Å². The lowest BCUT2D eigenvalue weighted by Crippen LogP contribution is -2.29. The smallest absolute Gasteiger partial charge is 0.224 e. The Balaban J connectivity index is 1.91. The van der Waals surface area contributed by atoms with Crippen LogP contribution in [0.5, 0.6) is 0 Å². The first kappa shape index (κ1) is 15.2. The number of benzene rings is 1. The van der Waals surface area contributed by atoms with E-state index in [0.717, 1.165) is 14.2 Å². The van der Waals surface area contributed by atoms with Gasteiger partial charge in [0.15, 0.2) is 0 Å². The standard InChI is InChI=1S/C15H17BrN2OS/c1-18(10-12-7-8-14(16)20-12)15(19)9-13(17)11-5-3-2-4-6-11/h2-8,13H,9-10,17H2,1H3. The van der Waals surface area contributed by atoms with Gasteiger partial charge < -0.3 is 10.6 Å². The van der Waals surface area contributed by atoms with Gasteiger partial charge in [0.2, 0.25) is 5.91 Å². The maximum atomic E-state index is 12.2. The third-order valence-corrected chi connectivity index (χ3v) is 4.68. The summed E-state index contributed by atoms with van der Waals surface area (Å²) in [6, 6.07) is 13.5. The zero-order valence-electron chi connectivity index (χ0n) is 11.3. The Morgan fingerprint density at radius 3 is 2.60 bits per heavy atom. The monoisotopic (exact) mass is 352 g/mol. The zero-order chi connectivity index (χ0) is 14.5. The number of hydrogen-bond donors (Lipinski definition) is 1. The molecule has 0 aliphatic heterocycles. The van der Waals surface area contributed by atoms with Gasteiger partial charge in [-0.25, -0.2) is 0 Å². The second kappa shape index (κ2) is 7.02. The fourth-order valence-corrected chi connectivity index (χ4v) is 3.46. The number of carbonyl (C=O) groups excluding carboxylic acids is 1. The quantitative estimate of drug-likeness (QED) is 0.893. The SMILES string of the molecule is CN(Cc1ccc(Br)s1)C(=O)CC(N)c1ccccc1. The van der Waals surface area contributed by atoms with Crippen molar-refractivity contribution in [1.82, 2.24) is 4.90 Å². The summed E-state index contributed by atoms with van der Waals surface area (Å²) in [6.07, 6.45) is 0.326. The number of halogens is 1. The van der Waals surface area contributed by atoms with Crippen molar-refractivity contribution in [1.29, 1.82) is 0 Å². The summed E-state index contributed by atoms with van der Waals surface area (Å²) < 4.78 is 1.08. The largest absolute Gasteiger partial charge is 0.341 e. The molecule has 2 N–H and O–H groups in total. The van der Waals surface area contributed by atoms with Crippen molar-refractivity contribution in [3.8, 4) is 0 Å². The molecule has 20 heavy (non-hydrogen) atoms. The Bertz CT molecular complexity index is 570. The van der Waals surface area contributed by atoms with E-state index in [-0.39, 0.29) is 11.9 Å². The summed E-state index contributed by atoms with van der Waals surface area (Å²) in [4.78, 5) is 15.1. The molecule has 1 heterocycles. The first-order valence-electron chi connectivity index (χ1n) is 6.35. The molecule has 2 rings (SSSR count). The molecule has 2 aromatic rings. The molecule has 0 bridgehead atoms. The molecule has 1 aromatic heterocycles. The summed E-state index contributed by atoms with van der Waals surface area (Å²) in [5.41, 5.74) is 7.07. The van der Waals surface area contributed by atoms with Gasteiger partial charge in [-0.2, -0.15) is 0 Å². The molecule has 106 valence electrons. The van der Waals surface area contributed by atoms with E-state index in [9.17, 15) is 4.79 Å². The van der Waals surface area contributed by atoms with E-state index in [0.29, 0.717) is 13.0 Å². The molecule has 0 aliphatic rings.